The lowest BCUT2D eigenvalue weighted by atomic mass is 10.0. The Bertz CT molecular complexity index is 342. The lowest BCUT2D eigenvalue weighted by Crippen LogP contribution is -2.34. The van der Waals surface area contributed by atoms with E-state index in [2.05, 4.69) is 4.98 Å². The number of aromatic nitrogens is 1. The fraction of sp³-hybridized carbons (Fsp3) is 0.444. The van der Waals surface area contributed by atoms with Gasteiger partial charge in [0.25, 0.3) is 0 Å². The van der Waals surface area contributed by atoms with Gasteiger partial charge in [-0.1, -0.05) is 11.6 Å². The number of aliphatic hydroxyl groups is 1. The highest BCUT2D eigenvalue weighted by molar-refractivity contribution is 6.31. The van der Waals surface area contributed by atoms with Crippen molar-refractivity contribution >= 4 is 11.6 Å². The monoisotopic (exact) mass is 199 g/mol. The molecule has 3 nitrogen and oxygen atoms in total. The van der Waals surface area contributed by atoms with Crippen LogP contribution in [-0.4, -0.2) is 22.3 Å². The summed E-state index contributed by atoms with van der Waals surface area (Å²) in [5.74, 6) is 0.545. The van der Waals surface area contributed by atoms with Crippen LogP contribution in [0.1, 0.15) is 12.5 Å². The molecule has 2 rings (SSSR count). The zero-order chi connectivity index (χ0) is 9.47. The highest BCUT2D eigenvalue weighted by Gasteiger charge is 2.36. The van der Waals surface area contributed by atoms with Crippen LogP contribution in [0.15, 0.2) is 12.3 Å². The van der Waals surface area contributed by atoms with E-state index in [0.29, 0.717) is 17.3 Å². The SMILES string of the molecule is CC1(CO)Cc2c(Cl)ccnc2O1. The molecule has 1 aromatic rings. The third kappa shape index (κ3) is 1.38. The molecule has 1 aliphatic heterocycles. The molecule has 1 aromatic heterocycles. The summed E-state index contributed by atoms with van der Waals surface area (Å²) in [5, 5.41) is 9.75. The molecular weight excluding hydrogens is 190 g/mol. The van der Waals surface area contributed by atoms with Crippen LogP contribution < -0.4 is 4.74 Å². The molecular formula is C9H10ClNO2. The van der Waals surface area contributed by atoms with Crippen molar-refractivity contribution in [2.24, 2.45) is 0 Å². The van der Waals surface area contributed by atoms with Crippen LogP contribution in [-0.2, 0) is 6.42 Å². The molecule has 0 aliphatic carbocycles. The van der Waals surface area contributed by atoms with Gasteiger partial charge in [-0.3, -0.25) is 0 Å². The molecule has 1 atom stereocenters. The molecule has 0 radical (unpaired) electrons. The first-order valence-corrected chi connectivity index (χ1v) is 4.46. The predicted octanol–water partition coefficient (Wildman–Crippen LogP) is 1.42. The summed E-state index contributed by atoms with van der Waals surface area (Å²) in [5.41, 5.74) is 0.334. The van der Waals surface area contributed by atoms with Crippen molar-refractivity contribution in [2.75, 3.05) is 6.61 Å². The maximum atomic E-state index is 9.09. The van der Waals surface area contributed by atoms with Gasteiger partial charge in [-0.2, -0.15) is 0 Å². The Hall–Kier alpha value is -0.800. The van der Waals surface area contributed by atoms with Crippen molar-refractivity contribution in [1.29, 1.82) is 0 Å². The van der Waals surface area contributed by atoms with E-state index in [9.17, 15) is 0 Å². The van der Waals surface area contributed by atoms with E-state index in [-0.39, 0.29) is 6.61 Å². The Labute approximate surface area is 81.3 Å². The largest absolute Gasteiger partial charge is 0.468 e. The normalized spacial score (nSPS) is 25.5. The van der Waals surface area contributed by atoms with Crippen LogP contribution in [0.4, 0.5) is 0 Å². The van der Waals surface area contributed by atoms with Crippen molar-refractivity contribution < 1.29 is 9.84 Å². The van der Waals surface area contributed by atoms with Gasteiger partial charge in [0.1, 0.15) is 5.60 Å². The highest BCUT2D eigenvalue weighted by atomic mass is 35.5. The Kier molecular flexibility index (Phi) is 1.93. The van der Waals surface area contributed by atoms with Crippen LogP contribution in [0.25, 0.3) is 0 Å². The lowest BCUT2D eigenvalue weighted by molar-refractivity contribution is 0.0416. The first-order chi connectivity index (χ1) is 6.14. The zero-order valence-corrected chi connectivity index (χ0v) is 8.01. The third-order valence-corrected chi connectivity index (χ3v) is 2.54. The van der Waals surface area contributed by atoms with Crippen LogP contribution in [0, 0.1) is 0 Å². The van der Waals surface area contributed by atoms with Crippen LogP contribution in [0.2, 0.25) is 5.02 Å². The zero-order valence-electron chi connectivity index (χ0n) is 7.25. The number of aliphatic hydroxyl groups excluding tert-OH is 1. The number of nitrogens with zero attached hydrogens (tertiary/aromatic N) is 1. The molecule has 0 saturated carbocycles. The third-order valence-electron chi connectivity index (χ3n) is 2.19. The molecule has 70 valence electrons. The van der Waals surface area contributed by atoms with Gasteiger partial charge in [-0.05, 0) is 13.0 Å². The van der Waals surface area contributed by atoms with Gasteiger partial charge < -0.3 is 9.84 Å². The summed E-state index contributed by atoms with van der Waals surface area (Å²) in [6, 6.07) is 1.73. The molecule has 1 unspecified atom stereocenters. The summed E-state index contributed by atoms with van der Waals surface area (Å²) in [4.78, 5) is 4.05. The minimum atomic E-state index is -0.555. The number of pyridine rings is 1. The van der Waals surface area contributed by atoms with E-state index in [1.165, 1.54) is 0 Å². The second-order valence-electron chi connectivity index (χ2n) is 3.46. The van der Waals surface area contributed by atoms with E-state index in [1.807, 2.05) is 6.92 Å². The topological polar surface area (TPSA) is 42.4 Å². The van der Waals surface area contributed by atoms with Gasteiger partial charge in [0, 0.05) is 18.2 Å². The summed E-state index contributed by atoms with van der Waals surface area (Å²) in [7, 11) is 0. The molecule has 0 amide bonds. The molecule has 2 heterocycles. The average molecular weight is 200 g/mol. The van der Waals surface area contributed by atoms with Gasteiger partial charge >= 0.3 is 0 Å². The number of rotatable bonds is 1. The molecule has 4 heteroatoms. The molecule has 0 saturated heterocycles. The quantitative estimate of drug-likeness (QED) is 0.744. The lowest BCUT2D eigenvalue weighted by Gasteiger charge is -2.19. The van der Waals surface area contributed by atoms with Gasteiger partial charge in [0.15, 0.2) is 0 Å². The standard InChI is InChI=1S/C9H10ClNO2/c1-9(5-12)4-6-7(10)2-3-11-8(6)13-9/h2-3,12H,4-5H2,1H3. The maximum Gasteiger partial charge on any atom is 0.218 e. The van der Waals surface area contributed by atoms with E-state index in [4.69, 9.17) is 21.4 Å². The Morgan fingerprint density at radius 3 is 3.15 bits per heavy atom. The van der Waals surface area contributed by atoms with E-state index >= 15 is 0 Å². The number of ether oxygens (including phenoxy) is 1. The highest BCUT2D eigenvalue weighted by Crippen LogP contribution is 2.36. The predicted molar refractivity (Wildman–Crippen MR) is 49.1 cm³/mol. The second-order valence-corrected chi connectivity index (χ2v) is 3.87. The number of hydrogen-bond acceptors (Lipinski definition) is 3. The van der Waals surface area contributed by atoms with E-state index in [0.717, 1.165) is 5.56 Å². The van der Waals surface area contributed by atoms with Gasteiger partial charge in [-0.15, -0.1) is 0 Å². The average Bonchev–Trinajstić information content (AvgIpc) is 2.45. The minimum absolute atomic E-state index is 0.0281. The van der Waals surface area contributed by atoms with Crippen molar-refractivity contribution in [3.63, 3.8) is 0 Å². The van der Waals surface area contributed by atoms with Crippen LogP contribution in [0.5, 0.6) is 5.88 Å². The molecule has 13 heavy (non-hydrogen) atoms. The maximum absolute atomic E-state index is 9.09. The summed E-state index contributed by atoms with van der Waals surface area (Å²) in [6.45, 7) is 1.81. The molecule has 1 N–H and O–H groups in total. The van der Waals surface area contributed by atoms with Gasteiger partial charge in [0.05, 0.1) is 11.6 Å². The smallest absolute Gasteiger partial charge is 0.218 e. The Morgan fingerprint density at radius 1 is 1.77 bits per heavy atom. The van der Waals surface area contributed by atoms with E-state index < -0.39 is 5.60 Å². The minimum Gasteiger partial charge on any atom is -0.468 e. The first kappa shape index (κ1) is 8.78. The van der Waals surface area contributed by atoms with Gasteiger partial charge in [0.2, 0.25) is 5.88 Å². The summed E-state index contributed by atoms with van der Waals surface area (Å²) >= 11 is 5.95. The number of hydrogen-bond donors (Lipinski definition) is 1. The molecule has 0 bridgehead atoms. The van der Waals surface area contributed by atoms with E-state index in [1.54, 1.807) is 12.3 Å². The first-order valence-electron chi connectivity index (χ1n) is 4.08. The van der Waals surface area contributed by atoms with Crippen molar-refractivity contribution in [3.05, 3.63) is 22.8 Å². The van der Waals surface area contributed by atoms with Crippen molar-refractivity contribution in [2.45, 2.75) is 18.9 Å². The van der Waals surface area contributed by atoms with Crippen molar-refractivity contribution in [3.8, 4) is 5.88 Å². The molecule has 0 aromatic carbocycles. The fourth-order valence-corrected chi connectivity index (χ4v) is 1.63. The number of halogens is 1. The second kappa shape index (κ2) is 2.86. The van der Waals surface area contributed by atoms with Gasteiger partial charge in [-0.25, -0.2) is 4.98 Å². The van der Waals surface area contributed by atoms with Crippen LogP contribution >= 0.6 is 11.6 Å². The van der Waals surface area contributed by atoms with Crippen LogP contribution in [0.3, 0.4) is 0 Å². The van der Waals surface area contributed by atoms with Crippen molar-refractivity contribution in [1.82, 2.24) is 4.98 Å². The number of fused-ring (bicyclic) bond motifs is 1. The Morgan fingerprint density at radius 2 is 2.54 bits per heavy atom. The molecule has 0 fully saturated rings. The Balaban J connectivity index is 2.40. The molecule has 0 spiro atoms. The summed E-state index contributed by atoms with van der Waals surface area (Å²) in [6.07, 6.45) is 2.22. The molecule has 1 aliphatic rings. The fourth-order valence-electron chi connectivity index (χ4n) is 1.43. The summed E-state index contributed by atoms with van der Waals surface area (Å²) < 4.78 is 5.48.